The molecule has 1 N–H and O–H groups in total. The third-order valence-corrected chi connectivity index (χ3v) is 4.31. The van der Waals surface area contributed by atoms with Crippen molar-refractivity contribution in [2.24, 2.45) is 0 Å². The van der Waals surface area contributed by atoms with Gasteiger partial charge in [0.05, 0.1) is 0 Å². The monoisotopic (exact) mass is 382 g/mol. The van der Waals surface area contributed by atoms with Crippen molar-refractivity contribution in [1.82, 2.24) is 4.90 Å². The Labute approximate surface area is 165 Å². The molecule has 0 aliphatic heterocycles. The van der Waals surface area contributed by atoms with E-state index in [2.05, 4.69) is 5.32 Å². The molecule has 0 aromatic heterocycles. The molecule has 0 atom stereocenters. The van der Waals surface area contributed by atoms with Gasteiger partial charge in [-0.05, 0) is 56.3 Å². The molecule has 148 valence electrons. The minimum absolute atomic E-state index is 0.0587. The Hall–Kier alpha value is -3.15. The number of nitrogens with zero attached hydrogens (tertiary/aromatic N) is 1. The van der Waals surface area contributed by atoms with Crippen LogP contribution in [0.1, 0.15) is 47.9 Å². The minimum Gasteiger partial charge on any atom is -0.484 e. The Kier molecular flexibility index (Phi) is 7.75. The molecular weight excluding hydrogens is 356 g/mol. The van der Waals surface area contributed by atoms with Crippen LogP contribution in [0.15, 0.2) is 48.5 Å². The van der Waals surface area contributed by atoms with Gasteiger partial charge < -0.3 is 15.0 Å². The number of carbonyl (C=O) groups excluding carboxylic acids is 3. The number of Topliss-reactive ketones (excluding diaryl/α,β-unsaturated/α-hetero) is 1. The van der Waals surface area contributed by atoms with Crippen LogP contribution in [-0.4, -0.2) is 42.2 Å². The average Bonchev–Trinajstić information content (AvgIpc) is 2.73. The number of hydrogen-bond donors (Lipinski definition) is 1. The molecule has 0 aliphatic rings. The van der Waals surface area contributed by atoms with Gasteiger partial charge >= 0.3 is 0 Å². The second kappa shape index (κ2) is 10.3. The quantitative estimate of drug-likeness (QED) is 0.670. The molecule has 2 amide bonds. The maximum absolute atomic E-state index is 12.4. The van der Waals surface area contributed by atoms with Crippen LogP contribution in [0.25, 0.3) is 0 Å². The lowest BCUT2D eigenvalue weighted by Gasteiger charge is -2.19. The Morgan fingerprint density at radius 1 is 0.929 bits per heavy atom. The van der Waals surface area contributed by atoms with Crippen LogP contribution in [0.5, 0.6) is 5.75 Å². The summed E-state index contributed by atoms with van der Waals surface area (Å²) in [6.45, 7) is 6.74. The number of ether oxygens (including phenoxy) is 1. The molecule has 0 saturated heterocycles. The molecule has 0 fully saturated rings. The standard InChI is InChI=1S/C22H26N2O4/c1-4-20(25)16-10-12-19(13-11-16)28-15-21(26)23-18-9-7-8-17(14-18)22(27)24(5-2)6-3/h7-14H,4-6,15H2,1-3H3,(H,23,26). The van der Waals surface area contributed by atoms with Crippen molar-refractivity contribution in [3.63, 3.8) is 0 Å². The first kappa shape index (κ1) is 21.2. The highest BCUT2D eigenvalue weighted by Crippen LogP contribution is 2.15. The molecule has 6 heteroatoms. The van der Waals surface area contributed by atoms with E-state index in [0.29, 0.717) is 42.1 Å². The van der Waals surface area contributed by atoms with Gasteiger partial charge in [0.1, 0.15) is 5.75 Å². The highest BCUT2D eigenvalue weighted by Gasteiger charge is 2.13. The predicted octanol–water partition coefficient (Wildman–Crippen LogP) is 3.78. The molecule has 0 bridgehead atoms. The first-order valence-electron chi connectivity index (χ1n) is 9.43. The highest BCUT2D eigenvalue weighted by molar-refractivity contribution is 5.97. The third-order valence-electron chi connectivity index (χ3n) is 4.31. The fourth-order valence-electron chi connectivity index (χ4n) is 2.71. The molecule has 2 rings (SSSR count). The second-order valence-electron chi connectivity index (χ2n) is 6.20. The number of rotatable bonds is 9. The molecule has 0 unspecified atom stereocenters. The first-order chi connectivity index (χ1) is 13.5. The summed E-state index contributed by atoms with van der Waals surface area (Å²) in [6.07, 6.45) is 0.443. The second-order valence-corrected chi connectivity index (χ2v) is 6.20. The lowest BCUT2D eigenvalue weighted by atomic mass is 10.1. The largest absolute Gasteiger partial charge is 0.484 e. The van der Waals surface area contributed by atoms with E-state index in [0.717, 1.165) is 0 Å². The highest BCUT2D eigenvalue weighted by atomic mass is 16.5. The van der Waals surface area contributed by atoms with Gasteiger partial charge in [0.25, 0.3) is 11.8 Å². The molecule has 0 saturated carbocycles. The lowest BCUT2D eigenvalue weighted by Crippen LogP contribution is -2.30. The zero-order valence-corrected chi connectivity index (χ0v) is 16.5. The average molecular weight is 382 g/mol. The van der Waals surface area contributed by atoms with Crippen molar-refractivity contribution in [1.29, 1.82) is 0 Å². The van der Waals surface area contributed by atoms with Crippen molar-refractivity contribution in [2.45, 2.75) is 27.2 Å². The fraction of sp³-hybridized carbons (Fsp3) is 0.318. The van der Waals surface area contributed by atoms with E-state index in [-0.39, 0.29) is 24.2 Å². The summed E-state index contributed by atoms with van der Waals surface area (Å²) >= 11 is 0. The number of amides is 2. The van der Waals surface area contributed by atoms with E-state index >= 15 is 0 Å². The molecular formula is C22H26N2O4. The number of benzene rings is 2. The SMILES string of the molecule is CCC(=O)c1ccc(OCC(=O)Nc2cccc(C(=O)N(CC)CC)c2)cc1. The molecule has 6 nitrogen and oxygen atoms in total. The van der Waals surface area contributed by atoms with Gasteiger partial charge in [-0.15, -0.1) is 0 Å². The number of carbonyl (C=O) groups is 3. The van der Waals surface area contributed by atoms with Crippen LogP contribution in [0.2, 0.25) is 0 Å². The fourth-order valence-corrected chi connectivity index (χ4v) is 2.71. The van der Waals surface area contributed by atoms with E-state index in [1.54, 1.807) is 53.4 Å². The lowest BCUT2D eigenvalue weighted by molar-refractivity contribution is -0.118. The molecule has 0 aliphatic carbocycles. The minimum atomic E-state index is -0.332. The molecule has 28 heavy (non-hydrogen) atoms. The van der Waals surface area contributed by atoms with Crippen LogP contribution in [-0.2, 0) is 4.79 Å². The summed E-state index contributed by atoms with van der Waals surface area (Å²) in [5, 5.41) is 2.73. The molecule has 0 spiro atoms. The summed E-state index contributed by atoms with van der Waals surface area (Å²) < 4.78 is 5.46. The predicted molar refractivity (Wildman–Crippen MR) is 109 cm³/mol. The van der Waals surface area contributed by atoms with Gasteiger partial charge in [-0.1, -0.05) is 13.0 Å². The van der Waals surface area contributed by atoms with Gasteiger partial charge in [-0.25, -0.2) is 0 Å². The van der Waals surface area contributed by atoms with E-state index in [9.17, 15) is 14.4 Å². The third kappa shape index (κ3) is 5.67. The van der Waals surface area contributed by atoms with E-state index in [1.807, 2.05) is 20.8 Å². The Morgan fingerprint density at radius 2 is 1.61 bits per heavy atom. The summed E-state index contributed by atoms with van der Waals surface area (Å²) in [7, 11) is 0. The first-order valence-corrected chi connectivity index (χ1v) is 9.43. The topological polar surface area (TPSA) is 75.7 Å². The molecule has 2 aromatic rings. The summed E-state index contributed by atoms with van der Waals surface area (Å²) in [4.78, 5) is 37.9. The number of anilines is 1. The van der Waals surface area contributed by atoms with E-state index < -0.39 is 0 Å². The van der Waals surface area contributed by atoms with Crippen LogP contribution in [0, 0.1) is 0 Å². The normalized spacial score (nSPS) is 10.2. The smallest absolute Gasteiger partial charge is 0.262 e. The van der Waals surface area contributed by atoms with E-state index in [1.165, 1.54) is 0 Å². The van der Waals surface area contributed by atoms with Crippen LogP contribution in [0.4, 0.5) is 5.69 Å². The maximum Gasteiger partial charge on any atom is 0.262 e. The van der Waals surface area contributed by atoms with Crippen LogP contribution >= 0.6 is 0 Å². The summed E-state index contributed by atoms with van der Waals surface area (Å²) in [5.41, 5.74) is 1.68. The molecule has 2 aromatic carbocycles. The van der Waals surface area contributed by atoms with Crippen LogP contribution in [0.3, 0.4) is 0 Å². The van der Waals surface area contributed by atoms with Gasteiger partial charge in [-0.3, -0.25) is 14.4 Å². The maximum atomic E-state index is 12.4. The Balaban J connectivity index is 1.93. The number of ketones is 1. The van der Waals surface area contributed by atoms with Gasteiger partial charge in [0, 0.05) is 36.3 Å². The Bertz CT molecular complexity index is 827. The van der Waals surface area contributed by atoms with Gasteiger partial charge in [-0.2, -0.15) is 0 Å². The molecule has 0 heterocycles. The van der Waals surface area contributed by atoms with Gasteiger partial charge in [0.15, 0.2) is 12.4 Å². The number of nitrogens with one attached hydrogen (secondary N) is 1. The zero-order chi connectivity index (χ0) is 20.5. The summed E-state index contributed by atoms with van der Waals surface area (Å²) in [6, 6.07) is 13.5. The van der Waals surface area contributed by atoms with Gasteiger partial charge in [0.2, 0.25) is 0 Å². The van der Waals surface area contributed by atoms with Crippen molar-refractivity contribution in [3.05, 3.63) is 59.7 Å². The van der Waals surface area contributed by atoms with Crippen molar-refractivity contribution in [3.8, 4) is 5.75 Å². The Morgan fingerprint density at radius 3 is 2.21 bits per heavy atom. The zero-order valence-electron chi connectivity index (χ0n) is 16.5. The number of hydrogen-bond acceptors (Lipinski definition) is 4. The molecule has 0 radical (unpaired) electrons. The summed E-state index contributed by atoms with van der Waals surface area (Å²) in [5.74, 6) is 0.164. The van der Waals surface area contributed by atoms with E-state index in [4.69, 9.17) is 4.74 Å². The van der Waals surface area contributed by atoms with Crippen molar-refractivity contribution >= 4 is 23.3 Å². The van der Waals surface area contributed by atoms with Crippen molar-refractivity contribution < 1.29 is 19.1 Å². The van der Waals surface area contributed by atoms with Crippen molar-refractivity contribution in [2.75, 3.05) is 25.0 Å². The van der Waals surface area contributed by atoms with Crippen LogP contribution < -0.4 is 10.1 Å².